The molecule has 10 heteroatoms. The zero-order chi connectivity index (χ0) is 28.0. The standard InChI is InChI=1S/C28H45N3O6S/c1-20-15-25(36-6)16-21(2)28(20)38(34,35)29(4)18-27(33)37-19-26(32)30(5)22(3)24-11-9-23(10-12-24)17-31-13-7-8-14-31/h15-16,22-24H,7-14,17-19H2,1-6H3. The summed E-state index contributed by atoms with van der Waals surface area (Å²) in [5, 5.41) is 0. The molecule has 0 aromatic heterocycles. The minimum Gasteiger partial charge on any atom is -0.497 e. The molecule has 0 spiro atoms. The molecule has 214 valence electrons. The number of amides is 1. The number of methoxy groups -OCH3 is 1. The minimum absolute atomic E-state index is 0.0537. The Balaban J connectivity index is 1.46. The van der Waals surface area contributed by atoms with Crippen LogP contribution in [0.2, 0.25) is 0 Å². The maximum atomic E-state index is 13.1. The zero-order valence-corrected chi connectivity index (χ0v) is 24.7. The molecule has 1 aliphatic heterocycles. The highest BCUT2D eigenvalue weighted by Gasteiger charge is 2.31. The van der Waals surface area contributed by atoms with E-state index in [4.69, 9.17) is 9.47 Å². The average molecular weight is 552 g/mol. The Morgan fingerprint density at radius 3 is 2.18 bits per heavy atom. The van der Waals surface area contributed by atoms with Crippen molar-refractivity contribution >= 4 is 21.9 Å². The van der Waals surface area contributed by atoms with Gasteiger partial charge in [-0.2, -0.15) is 4.31 Å². The molecular formula is C28H45N3O6S. The van der Waals surface area contributed by atoms with E-state index in [1.165, 1.54) is 59.5 Å². The average Bonchev–Trinajstić information content (AvgIpc) is 3.39. The van der Waals surface area contributed by atoms with E-state index in [2.05, 4.69) is 11.8 Å². The predicted molar refractivity (Wildman–Crippen MR) is 147 cm³/mol. The van der Waals surface area contributed by atoms with Crippen LogP contribution in [0.3, 0.4) is 0 Å². The Kier molecular flexibility index (Phi) is 10.6. The van der Waals surface area contributed by atoms with Gasteiger partial charge in [0.15, 0.2) is 6.61 Å². The highest BCUT2D eigenvalue weighted by Crippen LogP contribution is 2.33. The monoisotopic (exact) mass is 551 g/mol. The first-order valence-corrected chi connectivity index (χ1v) is 15.1. The van der Waals surface area contributed by atoms with Crippen LogP contribution in [0.4, 0.5) is 0 Å². The van der Waals surface area contributed by atoms with Gasteiger partial charge in [0.2, 0.25) is 10.0 Å². The fraction of sp³-hybridized carbons (Fsp3) is 0.714. The lowest BCUT2D eigenvalue weighted by atomic mass is 9.78. The van der Waals surface area contributed by atoms with Crippen LogP contribution in [0.5, 0.6) is 5.75 Å². The van der Waals surface area contributed by atoms with Gasteiger partial charge in [-0.15, -0.1) is 0 Å². The van der Waals surface area contributed by atoms with Gasteiger partial charge in [0.25, 0.3) is 5.91 Å². The van der Waals surface area contributed by atoms with Gasteiger partial charge in [-0.3, -0.25) is 9.59 Å². The van der Waals surface area contributed by atoms with Crippen molar-refractivity contribution in [3.8, 4) is 5.75 Å². The van der Waals surface area contributed by atoms with Gasteiger partial charge in [-0.1, -0.05) is 0 Å². The third kappa shape index (κ3) is 7.48. The molecule has 0 bridgehead atoms. The summed E-state index contributed by atoms with van der Waals surface area (Å²) >= 11 is 0. The number of likely N-dealkylation sites (N-methyl/N-ethyl adjacent to an activating group) is 2. The molecule has 38 heavy (non-hydrogen) atoms. The van der Waals surface area contributed by atoms with Crippen molar-refractivity contribution < 1.29 is 27.5 Å². The lowest BCUT2D eigenvalue weighted by molar-refractivity contribution is -0.152. The zero-order valence-electron chi connectivity index (χ0n) is 23.9. The number of aryl methyl sites for hydroxylation is 2. The van der Waals surface area contributed by atoms with Gasteiger partial charge >= 0.3 is 5.97 Å². The largest absolute Gasteiger partial charge is 0.497 e. The number of esters is 1. The molecule has 1 saturated heterocycles. The number of rotatable bonds is 11. The predicted octanol–water partition coefficient (Wildman–Crippen LogP) is 3.22. The number of hydrogen-bond donors (Lipinski definition) is 0. The quantitative estimate of drug-likeness (QED) is 0.390. The van der Waals surface area contributed by atoms with Crippen molar-refractivity contribution in [1.82, 2.24) is 14.1 Å². The smallest absolute Gasteiger partial charge is 0.321 e. The molecule has 0 N–H and O–H groups in total. The number of nitrogens with zero attached hydrogens (tertiary/aromatic N) is 3. The summed E-state index contributed by atoms with van der Waals surface area (Å²) in [7, 11) is 0.664. The van der Waals surface area contributed by atoms with Gasteiger partial charge < -0.3 is 19.3 Å². The highest BCUT2D eigenvalue weighted by atomic mass is 32.2. The lowest BCUT2D eigenvalue weighted by Gasteiger charge is -2.37. The summed E-state index contributed by atoms with van der Waals surface area (Å²) in [5.74, 6) is 0.695. The molecule has 2 aliphatic rings. The Morgan fingerprint density at radius 2 is 1.63 bits per heavy atom. The van der Waals surface area contributed by atoms with Crippen molar-refractivity contribution in [2.75, 3.05) is 54.0 Å². The third-order valence-corrected chi connectivity index (χ3v) is 10.4. The van der Waals surface area contributed by atoms with Crippen LogP contribution in [0, 0.1) is 25.7 Å². The van der Waals surface area contributed by atoms with E-state index in [1.54, 1.807) is 37.9 Å². The summed E-state index contributed by atoms with van der Waals surface area (Å²) in [6, 6.07) is 3.33. The summed E-state index contributed by atoms with van der Waals surface area (Å²) in [4.78, 5) is 29.6. The van der Waals surface area contributed by atoms with Crippen molar-refractivity contribution in [3.05, 3.63) is 23.3 Å². The molecular weight excluding hydrogens is 506 g/mol. The maximum Gasteiger partial charge on any atom is 0.321 e. The molecule has 1 unspecified atom stereocenters. The molecule has 1 aromatic rings. The Labute approximate surface area is 228 Å². The van der Waals surface area contributed by atoms with Crippen LogP contribution in [0.25, 0.3) is 0 Å². The highest BCUT2D eigenvalue weighted by molar-refractivity contribution is 7.89. The van der Waals surface area contributed by atoms with Crippen molar-refractivity contribution in [2.45, 2.75) is 70.2 Å². The van der Waals surface area contributed by atoms with E-state index < -0.39 is 29.1 Å². The van der Waals surface area contributed by atoms with E-state index in [0.29, 0.717) is 22.8 Å². The molecule has 1 aliphatic carbocycles. The molecule has 1 amide bonds. The second-order valence-corrected chi connectivity index (χ2v) is 13.0. The van der Waals surface area contributed by atoms with Gasteiger partial charge in [-0.25, -0.2) is 8.42 Å². The molecule has 1 atom stereocenters. The fourth-order valence-electron chi connectivity index (χ4n) is 5.87. The van der Waals surface area contributed by atoms with Gasteiger partial charge in [-0.05, 0) is 107 Å². The SMILES string of the molecule is COc1cc(C)c(S(=O)(=O)N(C)CC(=O)OCC(=O)N(C)C(C)C2CCC(CN3CCCC3)CC2)c(C)c1. The fourth-order valence-corrected chi connectivity index (χ4v) is 7.39. The van der Waals surface area contributed by atoms with Crippen LogP contribution in [-0.4, -0.2) is 94.4 Å². The van der Waals surface area contributed by atoms with Crippen molar-refractivity contribution in [2.24, 2.45) is 11.8 Å². The topological polar surface area (TPSA) is 96.5 Å². The second-order valence-electron chi connectivity index (χ2n) is 11.0. The number of hydrogen-bond acceptors (Lipinski definition) is 7. The van der Waals surface area contributed by atoms with Gasteiger partial charge in [0.1, 0.15) is 12.3 Å². The number of ether oxygens (including phenoxy) is 2. The number of carbonyl (C=O) groups excluding carboxylic acids is 2. The summed E-state index contributed by atoms with van der Waals surface area (Å²) in [6.07, 6.45) is 7.22. The molecule has 2 fully saturated rings. The van der Waals surface area contributed by atoms with Crippen LogP contribution >= 0.6 is 0 Å². The molecule has 1 aromatic carbocycles. The molecule has 3 rings (SSSR count). The van der Waals surface area contributed by atoms with Crippen LogP contribution < -0.4 is 4.74 Å². The van der Waals surface area contributed by atoms with Crippen molar-refractivity contribution in [1.29, 1.82) is 0 Å². The first-order chi connectivity index (χ1) is 17.9. The van der Waals surface area contributed by atoms with Gasteiger partial charge in [0.05, 0.1) is 12.0 Å². The Morgan fingerprint density at radius 1 is 1.05 bits per heavy atom. The summed E-state index contributed by atoms with van der Waals surface area (Å²) in [5.41, 5.74) is 1.05. The van der Waals surface area contributed by atoms with Crippen molar-refractivity contribution in [3.63, 3.8) is 0 Å². The summed E-state index contributed by atoms with van der Waals surface area (Å²) < 4.78 is 37.6. The first-order valence-electron chi connectivity index (χ1n) is 13.7. The first kappa shape index (κ1) is 30.4. The van der Waals surface area contributed by atoms with Crippen LogP contribution in [0.15, 0.2) is 17.0 Å². The number of sulfonamides is 1. The van der Waals surface area contributed by atoms with Crippen LogP contribution in [0.1, 0.15) is 56.6 Å². The van der Waals surface area contributed by atoms with E-state index in [0.717, 1.165) is 23.1 Å². The normalized spacial score (nSPS) is 21.3. The third-order valence-electron chi connectivity index (χ3n) is 8.34. The van der Waals surface area contributed by atoms with E-state index in [-0.39, 0.29) is 16.8 Å². The Bertz CT molecular complexity index is 1060. The molecule has 0 radical (unpaired) electrons. The van der Waals surface area contributed by atoms with E-state index in [9.17, 15) is 18.0 Å². The molecule has 1 saturated carbocycles. The van der Waals surface area contributed by atoms with E-state index >= 15 is 0 Å². The minimum atomic E-state index is -3.94. The van der Waals surface area contributed by atoms with E-state index in [1.807, 2.05) is 0 Å². The molecule has 9 nitrogen and oxygen atoms in total. The number of likely N-dealkylation sites (tertiary alicyclic amines) is 1. The van der Waals surface area contributed by atoms with Crippen LogP contribution in [-0.2, 0) is 24.3 Å². The summed E-state index contributed by atoms with van der Waals surface area (Å²) in [6.45, 7) is 8.20. The second kappa shape index (κ2) is 13.3. The number of benzene rings is 1. The number of carbonyl (C=O) groups is 2. The van der Waals surface area contributed by atoms with Gasteiger partial charge in [0, 0.05) is 26.7 Å². The molecule has 1 heterocycles. The lowest BCUT2D eigenvalue weighted by Crippen LogP contribution is -2.44. The Hall–Kier alpha value is -2.17. The maximum absolute atomic E-state index is 13.1.